The van der Waals surface area contributed by atoms with Gasteiger partial charge in [-0.15, -0.1) is 0 Å². The topological polar surface area (TPSA) is 25.2 Å². The van der Waals surface area contributed by atoms with Crippen LogP contribution in [0, 0.1) is 6.92 Å². The van der Waals surface area contributed by atoms with Crippen LogP contribution in [0.15, 0.2) is 22.6 Å². The molecule has 1 aromatic carbocycles. The molecule has 0 saturated heterocycles. The van der Waals surface area contributed by atoms with Crippen molar-refractivity contribution in [2.75, 3.05) is 7.05 Å². The Balaban J connectivity index is 2.60. The molecule has 0 saturated carbocycles. The molecule has 0 spiro atoms. The summed E-state index contributed by atoms with van der Waals surface area (Å²) in [4.78, 5) is 0. The predicted octanol–water partition coefficient (Wildman–Crippen LogP) is 3.68. The van der Waals surface area contributed by atoms with Gasteiger partial charge in [-0.1, -0.05) is 11.6 Å². The van der Waals surface area contributed by atoms with E-state index in [1.54, 1.807) is 0 Å². The van der Waals surface area contributed by atoms with Gasteiger partial charge in [0.25, 0.3) is 0 Å². The number of furan rings is 1. The van der Waals surface area contributed by atoms with Crippen LogP contribution in [0.25, 0.3) is 11.0 Å². The molecule has 0 bridgehead atoms. The largest absolute Gasteiger partial charge is 0.459 e. The first-order valence-electron chi connectivity index (χ1n) is 4.98. The van der Waals surface area contributed by atoms with Crippen LogP contribution in [0.3, 0.4) is 0 Å². The van der Waals surface area contributed by atoms with Crippen LogP contribution in [0.2, 0.25) is 5.02 Å². The van der Waals surface area contributed by atoms with Crippen molar-refractivity contribution in [3.05, 3.63) is 34.5 Å². The normalized spacial score (nSPS) is 13.3. The van der Waals surface area contributed by atoms with E-state index in [2.05, 4.69) is 12.2 Å². The molecule has 1 aromatic heterocycles. The SMILES string of the molecule is CNC(C)c1cc2cc(Cl)cc(C)c2o1. The van der Waals surface area contributed by atoms with Gasteiger partial charge in [-0.25, -0.2) is 0 Å². The van der Waals surface area contributed by atoms with Crippen LogP contribution >= 0.6 is 11.6 Å². The molecule has 0 aliphatic carbocycles. The molecule has 1 N–H and O–H groups in total. The summed E-state index contributed by atoms with van der Waals surface area (Å²) in [6.07, 6.45) is 0. The van der Waals surface area contributed by atoms with E-state index >= 15 is 0 Å². The van der Waals surface area contributed by atoms with Crippen molar-refractivity contribution >= 4 is 22.6 Å². The van der Waals surface area contributed by atoms with Gasteiger partial charge in [0.1, 0.15) is 11.3 Å². The fourth-order valence-electron chi connectivity index (χ4n) is 1.66. The number of benzene rings is 1. The highest BCUT2D eigenvalue weighted by Crippen LogP contribution is 2.29. The molecule has 15 heavy (non-hydrogen) atoms. The molecule has 2 rings (SSSR count). The van der Waals surface area contributed by atoms with E-state index in [1.165, 1.54) is 0 Å². The Morgan fingerprint density at radius 1 is 1.33 bits per heavy atom. The van der Waals surface area contributed by atoms with Crippen molar-refractivity contribution in [2.24, 2.45) is 0 Å². The quantitative estimate of drug-likeness (QED) is 0.840. The van der Waals surface area contributed by atoms with Crippen LogP contribution in [0.1, 0.15) is 24.3 Å². The fourth-order valence-corrected chi connectivity index (χ4v) is 1.94. The zero-order chi connectivity index (χ0) is 11.0. The van der Waals surface area contributed by atoms with Gasteiger partial charge in [-0.3, -0.25) is 0 Å². The number of halogens is 1. The van der Waals surface area contributed by atoms with E-state index in [0.717, 1.165) is 27.3 Å². The standard InChI is InChI=1S/C12H14ClNO/c1-7-4-10(13)5-9-6-11(8(2)14-3)15-12(7)9/h4-6,8,14H,1-3H3. The molecule has 0 aliphatic rings. The Kier molecular flexibility index (Phi) is 2.72. The van der Waals surface area contributed by atoms with Gasteiger partial charge >= 0.3 is 0 Å². The zero-order valence-electron chi connectivity index (χ0n) is 9.10. The molecule has 2 nitrogen and oxygen atoms in total. The molecule has 0 fully saturated rings. The maximum absolute atomic E-state index is 5.99. The monoisotopic (exact) mass is 223 g/mol. The molecule has 1 unspecified atom stereocenters. The van der Waals surface area contributed by atoms with Gasteiger partial charge in [0.15, 0.2) is 0 Å². The Hall–Kier alpha value is -0.990. The predicted molar refractivity (Wildman–Crippen MR) is 63.4 cm³/mol. The van der Waals surface area contributed by atoms with Crippen molar-refractivity contribution in [3.8, 4) is 0 Å². The summed E-state index contributed by atoms with van der Waals surface area (Å²) in [7, 11) is 1.91. The third-order valence-electron chi connectivity index (χ3n) is 2.65. The molecular formula is C12H14ClNO. The number of fused-ring (bicyclic) bond motifs is 1. The van der Waals surface area contributed by atoms with Gasteiger partial charge in [-0.05, 0) is 44.7 Å². The van der Waals surface area contributed by atoms with Gasteiger partial charge < -0.3 is 9.73 Å². The Morgan fingerprint density at radius 3 is 2.73 bits per heavy atom. The second-order valence-electron chi connectivity index (χ2n) is 3.80. The molecule has 0 radical (unpaired) electrons. The number of hydrogen-bond acceptors (Lipinski definition) is 2. The third kappa shape index (κ3) is 1.87. The molecule has 1 atom stereocenters. The van der Waals surface area contributed by atoms with E-state index in [9.17, 15) is 0 Å². The summed E-state index contributed by atoms with van der Waals surface area (Å²) in [6.45, 7) is 4.07. The van der Waals surface area contributed by atoms with Crippen molar-refractivity contribution in [1.29, 1.82) is 0 Å². The lowest BCUT2D eigenvalue weighted by atomic mass is 10.1. The minimum atomic E-state index is 0.218. The van der Waals surface area contributed by atoms with Gasteiger partial charge in [0, 0.05) is 10.4 Å². The van der Waals surface area contributed by atoms with E-state index in [-0.39, 0.29) is 6.04 Å². The number of rotatable bonds is 2. The Bertz CT molecular complexity index is 490. The number of aryl methyl sites for hydroxylation is 1. The summed E-state index contributed by atoms with van der Waals surface area (Å²) in [5, 5.41) is 4.97. The van der Waals surface area contributed by atoms with Crippen molar-refractivity contribution in [1.82, 2.24) is 5.32 Å². The molecule has 0 aliphatic heterocycles. The van der Waals surface area contributed by atoms with E-state index in [0.29, 0.717) is 0 Å². The van der Waals surface area contributed by atoms with E-state index in [4.69, 9.17) is 16.0 Å². The van der Waals surface area contributed by atoms with Crippen LogP contribution in [-0.4, -0.2) is 7.05 Å². The Morgan fingerprint density at radius 2 is 2.07 bits per heavy atom. The first-order valence-corrected chi connectivity index (χ1v) is 5.36. The summed E-state index contributed by atoms with van der Waals surface area (Å²) in [5.74, 6) is 0.942. The Labute approximate surface area is 94.2 Å². The van der Waals surface area contributed by atoms with Gasteiger partial charge in [-0.2, -0.15) is 0 Å². The van der Waals surface area contributed by atoms with Crippen molar-refractivity contribution < 1.29 is 4.42 Å². The van der Waals surface area contributed by atoms with Crippen LogP contribution < -0.4 is 5.32 Å². The zero-order valence-corrected chi connectivity index (χ0v) is 9.85. The first-order chi connectivity index (χ1) is 7.11. The summed E-state index contributed by atoms with van der Waals surface area (Å²) in [6, 6.07) is 6.10. The second kappa shape index (κ2) is 3.87. The third-order valence-corrected chi connectivity index (χ3v) is 2.86. The minimum Gasteiger partial charge on any atom is -0.459 e. The molecule has 2 aromatic rings. The lowest BCUT2D eigenvalue weighted by molar-refractivity contribution is 0.474. The summed E-state index contributed by atoms with van der Waals surface area (Å²) < 4.78 is 5.79. The first kappa shape index (κ1) is 10.5. The second-order valence-corrected chi connectivity index (χ2v) is 4.24. The van der Waals surface area contributed by atoms with Crippen LogP contribution in [-0.2, 0) is 0 Å². The average molecular weight is 224 g/mol. The fraction of sp³-hybridized carbons (Fsp3) is 0.333. The smallest absolute Gasteiger partial charge is 0.137 e. The van der Waals surface area contributed by atoms with Gasteiger partial charge in [0.05, 0.1) is 6.04 Å². The lowest BCUT2D eigenvalue weighted by Gasteiger charge is -2.04. The molecule has 3 heteroatoms. The highest BCUT2D eigenvalue weighted by atomic mass is 35.5. The number of hydrogen-bond donors (Lipinski definition) is 1. The van der Waals surface area contributed by atoms with Crippen LogP contribution in [0.4, 0.5) is 0 Å². The van der Waals surface area contributed by atoms with Gasteiger partial charge in [0.2, 0.25) is 0 Å². The highest BCUT2D eigenvalue weighted by molar-refractivity contribution is 6.31. The van der Waals surface area contributed by atoms with Crippen molar-refractivity contribution in [2.45, 2.75) is 19.9 Å². The number of nitrogens with one attached hydrogen (secondary N) is 1. The van der Waals surface area contributed by atoms with Crippen LogP contribution in [0.5, 0.6) is 0 Å². The maximum atomic E-state index is 5.99. The minimum absolute atomic E-state index is 0.218. The molecular weight excluding hydrogens is 210 g/mol. The van der Waals surface area contributed by atoms with E-state index in [1.807, 2.05) is 32.2 Å². The molecule has 80 valence electrons. The highest BCUT2D eigenvalue weighted by Gasteiger charge is 2.11. The van der Waals surface area contributed by atoms with E-state index < -0.39 is 0 Å². The average Bonchev–Trinajstić information content (AvgIpc) is 2.60. The van der Waals surface area contributed by atoms with Crippen molar-refractivity contribution in [3.63, 3.8) is 0 Å². The maximum Gasteiger partial charge on any atom is 0.137 e. The lowest BCUT2D eigenvalue weighted by Crippen LogP contribution is -2.10. The molecule has 1 heterocycles. The summed E-state index contributed by atoms with van der Waals surface area (Å²) in [5.41, 5.74) is 2.00. The molecule has 0 amide bonds. The summed E-state index contributed by atoms with van der Waals surface area (Å²) >= 11 is 5.99.